The quantitative estimate of drug-likeness (QED) is 0.918. The van der Waals surface area contributed by atoms with Gasteiger partial charge in [0, 0.05) is 37.5 Å². The molecule has 4 rings (SSSR count). The molecule has 0 aliphatic carbocycles. The molecule has 1 unspecified atom stereocenters. The van der Waals surface area contributed by atoms with Crippen LogP contribution in [0, 0.1) is 5.92 Å². The number of nitrogens with one attached hydrogen (secondary N) is 1. The first-order valence-electron chi connectivity index (χ1n) is 7.93. The number of hydrogen-bond acceptors (Lipinski definition) is 5. The van der Waals surface area contributed by atoms with E-state index in [-0.39, 0.29) is 24.2 Å². The molecule has 124 valence electrons. The highest BCUT2D eigenvalue weighted by molar-refractivity contribution is 7.13. The third kappa shape index (κ3) is 2.87. The molecule has 7 heteroatoms. The molecule has 0 radical (unpaired) electrons. The Morgan fingerprint density at radius 3 is 3.21 bits per heavy atom. The van der Waals surface area contributed by atoms with E-state index in [9.17, 15) is 9.59 Å². The average Bonchev–Trinajstić information content (AvgIpc) is 3.31. The lowest BCUT2D eigenvalue weighted by Gasteiger charge is -2.13. The average molecular weight is 343 g/mol. The Bertz CT molecular complexity index is 775. The van der Waals surface area contributed by atoms with Crippen LogP contribution in [-0.4, -0.2) is 29.9 Å². The van der Waals surface area contributed by atoms with Gasteiger partial charge in [-0.25, -0.2) is 4.98 Å². The van der Waals surface area contributed by atoms with Crippen molar-refractivity contribution in [1.82, 2.24) is 10.3 Å². The fourth-order valence-electron chi connectivity index (χ4n) is 3.10. The highest BCUT2D eigenvalue weighted by atomic mass is 32.1. The summed E-state index contributed by atoms with van der Waals surface area (Å²) in [5, 5.41) is 5.43. The number of hydrogen-bond donors (Lipinski definition) is 1. The molecule has 0 saturated carbocycles. The van der Waals surface area contributed by atoms with E-state index < -0.39 is 0 Å². The van der Waals surface area contributed by atoms with Gasteiger partial charge in [0.05, 0.1) is 12.5 Å². The zero-order valence-corrected chi connectivity index (χ0v) is 13.8. The molecule has 24 heavy (non-hydrogen) atoms. The molecule has 1 N–H and O–H groups in total. The number of carbonyl (C=O) groups excluding carboxylic acids is 2. The lowest BCUT2D eigenvalue weighted by molar-refractivity contribution is -0.126. The smallest absolute Gasteiger partial charge is 0.229 e. The van der Waals surface area contributed by atoms with Crippen molar-refractivity contribution in [2.45, 2.75) is 19.4 Å². The number of ether oxygens (including phenoxy) is 1. The zero-order chi connectivity index (χ0) is 16.5. The Morgan fingerprint density at radius 2 is 2.38 bits per heavy atom. The number of nitrogens with zero attached hydrogens (tertiary/aromatic N) is 2. The minimum Gasteiger partial charge on any atom is -0.493 e. The van der Waals surface area contributed by atoms with Gasteiger partial charge in [0.2, 0.25) is 11.8 Å². The van der Waals surface area contributed by atoms with Gasteiger partial charge in [0.1, 0.15) is 5.75 Å². The highest BCUT2D eigenvalue weighted by Crippen LogP contribution is 2.27. The van der Waals surface area contributed by atoms with Crippen LogP contribution in [-0.2, 0) is 22.6 Å². The standard InChI is InChI=1S/C17H17N3O3S/c21-15-8-13(10-20(15)17-18-4-6-24-17)16(22)19-9-11-1-2-14-12(7-11)3-5-23-14/h1-2,4,6-7,13H,3,5,8-10H2,(H,19,22). The van der Waals surface area contributed by atoms with Gasteiger partial charge in [-0.1, -0.05) is 12.1 Å². The van der Waals surface area contributed by atoms with Crippen molar-refractivity contribution in [3.63, 3.8) is 0 Å². The zero-order valence-electron chi connectivity index (χ0n) is 13.0. The maximum Gasteiger partial charge on any atom is 0.229 e. The molecule has 1 aromatic heterocycles. The Hall–Kier alpha value is -2.41. The molecule has 1 saturated heterocycles. The minimum atomic E-state index is -0.320. The summed E-state index contributed by atoms with van der Waals surface area (Å²) < 4.78 is 5.48. The van der Waals surface area contributed by atoms with Crippen LogP contribution in [0.15, 0.2) is 29.8 Å². The van der Waals surface area contributed by atoms with Gasteiger partial charge in [-0.2, -0.15) is 0 Å². The van der Waals surface area contributed by atoms with Gasteiger partial charge in [0.25, 0.3) is 0 Å². The molecule has 0 spiro atoms. The Kier molecular flexibility index (Phi) is 3.93. The van der Waals surface area contributed by atoms with E-state index in [4.69, 9.17) is 4.74 Å². The van der Waals surface area contributed by atoms with Crippen molar-refractivity contribution in [2.24, 2.45) is 5.92 Å². The predicted molar refractivity (Wildman–Crippen MR) is 90.1 cm³/mol. The molecule has 1 aromatic carbocycles. The molecule has 0 bridgehead atoms. The number of thiazole rings is 1. The first kappa shape index (κ1) is 15.1. The van der Waals surface area contributed by atoms with Gasteiger partial charge in [0.15, 0.2) is 5.13 Å². The first-order valence-corrected chi connectivity index (χ1v) is 8.81. The van der Waals surface area contributed by atoms with E-state index in [2.05, 4.69) is 16.4 Å². The molecule has 1 fully saturated rings. The first-order chi connectivity index (χ1) is 11.7. The molecule has 2 amide bonds. The number of carbonyl (C=O) groups is 2. The Morgan fingerprint density at radius 1 is 1.46 bits per heavy atom. The van der Waals surface area contributed by atoms with E-state index in [1.165, 1.54) is 16.9 Å². The van der Waals surface area contributed by atoms with Crippen LogP contribution in [0.1, 0.15) is 17.5 Å². The largest absolute Gasteiger partial charge is 0.493 e. The van der Waals surface area contributed by atoms with Crippen LogP contribution in [0.4, 0.5) is 5.13 Å². The minimum absolute atomic E-state index is 0.0419. The van der Waals surface area contributed by atoms with E-state index in [1.54, 1.807) is 11.1 Å². The summed E-state index contributed by atoms with van der Waals surface area (Å²) in [6, 6.07) is 5.99. The summed E-state index contributed by atoms with van der Waals surface area (Å²) in [6.07, 6.45) is 2.82. The van der Waals surface area contributed by atoms with Crippen molar-refractivity contribution in [1.29, 1.82) is 0 Å². The summed E-state index contributed by atoms with van der Waals surface area (Å²) >= 11 is 1.41. The molecule has 2 aliphatic rings. The Balaban J connectivity index is 1.36. The van der Waals surface area contributed by atoms with Gasteiger partial charge < -0.3 is 10.1 Å². The topological polar surface area (TPSA) is 71.5 Å². The maximum atomic E-state index is 12.4. The second-order valence-electron chi connectivity index (χ2n) is 5.98. The molecule has 2 aliphatic heterocycles. The summed E-state index contributed by atoms with van der Waals surface area (Å²) in [4.78, 5) is 30.2. The van der Waals surface area contributed by atoms with Gasteiger partial charge in [-0.05, 0) is 17.2 Å². The summed E-state index contributed by atoms with van der Waals surface area (Å²) in [5.41, 5.74) is 2.24. The van der Waals surface area contributed by atoms with Crippen LogP contribution in [0.5, 0.6) is 5.75 Å². The number of fused-ring (bicyclic) bond motifs is 1. The van der Waals surface area contributed by atoms with Gasteiger partial charge >= 0.3 is 0 Å². The van der Waals surface area contributed by atoms with Crippen LogP contribution < -0.4 is 15.0 Å². The highest BCUT2D eigenvalue weighted by Gasteiger charge is 2.36. The summed E-state index contributed by atoms with van der Waals surface area (Å²) in [5.74, 6) is 0.489. The Labute approximate surface area is 143 Å². The molecule has 3 heterocycles. The lowest BCUT2D eigenvalue weighted by Crippen LogP contribution is -2.32. The van der Waals surface area contributed by atoms with Crippen LogP contribution in [0.25, 0.3) is 0 Å². The number of anilines is 1. The number of amides is 2. The van der Waals surface area contributed by atoms with E-state index in [0.29, 0.717) is 18.2 Å². The number of rotatable bonds is 4. The number of benzene rings is 1. The molecule has 6 nitrogen and oxygen atoms in total. The molecule has 2 aromatic rings. The van der Waals surface area contributed by atoms with Crippen molar-refractivity contribution in [2.75, 3.05) is 18.1 Å². The van der Waals surface area contributed by atoms with Crippen molar-refractivity contribution >= 4 is 28.3 Å². The van der Waals surface area contributed by atoms with Crippen molar-refractivity contribution in [3.8, 4) is 5.75 Å². The van der Waals surface area contributed by atoms with Crippen molar-refractivity contribution < 1.29 is 14.3 Å². The normalized spacial score (nSPS) is 19.2. The third-order valence-electron chi connectivity index (χ3n) is 4.37. The van der Waals surface area contributed by atoms with Crippen LogP contribution in [0.3, 0.4) is 0 Å². The fraction of sp³-hybridized carbons (Fsp3) is 0.353. The summed E-state index contributed by atoms with van der Waals surface area (Å²) in [6.45, 7) is 1.59. The van der Waals surface area contributed by atoms with Gasteiger partial charge in [-0.15, -0.1) is 11.3 Å². The SMILES string of the molecule is O=C(NCc1ccc2c(c1)CCO2)C1CC(=O)N(c2nccs2)C1. The number of aromatic nitrogens is 1. The maximum absolute atomic E-state index is 12.4. The lowest BCUT2D eigenvalue weighted by atomic mass is 10.1. The predicted octanol–water partition coefficient (Wildman–Crippen LogP) is 1.75. The molecular formula is C17H17N3O3S. The summed E-state index contributed by atoms with van der Waals surface area (Å²) in [7, 11) is 0. The fourth-order valence-corrected chi connectivity index (χ4v) is 3.77. The second-order valence-corrected chi connectivity index (χ2v) is 6.85. The monoisotopic (exact) mass is 343 g/mol. The van der Waals surface area contributed by atoms with Crippen LogP contribution >= 0.6 is 11.3 Å². The van der Waals surface area contributed by atoms with E-state index >= 15 is 0 Å². The van der Waals surface area contributed by atoms with E-state index in [1.807, 2.05) is 17.5 Å². The molecular weight excluding hydrogens is 326 g/mol. The van der Waals surface area contributed by atoms with Crippen LogP contribution in [0.2, 0.25) is 0 Å². The van der Waals surface area contributed by atoms with Gasteiger partial charge in [-0.3, -0.25) is 14.5 Å². The van der Waals surface area contributed by atoms with E-state index in [0.717, 1.165) is 24.3 Å². The second kappa shape index (κ2) is 6.24. The molecule has 1 atom stereocenters. The third-order valence-corrected chi connectivity index (χ3v) is 5.16. The van der Waals surface area contributed by atoms with Crippen molar-refractivity contribution in [3.05, 3.63) is 40.9 Å².